The Morgan fingerprint density at radius 3 is 2.25 bits per heavy atom. The van der Waals surface area contributed by atoms with Gasteiger partial charge in [-0.3, -0.25) is 24.6 Å². The second-order valence-electron chi connectivity index (χ2n) is 4.19. The minimum atomic E-state index is -0.701. The molecular weight excluding hydrogens is 307 g/mol. The first kappa shape index (κ1) is 14.5. The van der Waals surface area contributed by atoms with Crippen LogP contribution in [0.5, 0.6) is 0 Å². The molecule has 6 nitrogen and oxygen atoms in total. The SMILES string of the molecule is Cc1ccc([N+](=O)[O-])cc1CN1C(=O)C(Cl)=C(Cl)C1=O. The summed E-state index contributed by atoms with van der Waals surface area (Å²) >= 11 is 11.2. The number of carbonyl (C=O) groups is 2. The summed E-state index contributed by atoms with van der Waals surface area (Å²) in [7, 11) is 0. The van der Waals surface area contributed by atoms with Crippen molar-refractivity contribution in [2.24, 2.45) is 0 Å². The minimum absolute atomic E-state index is 0.113. The number of imide groups is 1. The molecule has 0 atom stereocenters. The zero-order valence-corrected chi connectivity index (χ0v) is 11.7. The molecule has 1 aliphatic heterocycles. The summed E-state index contributed by atoms with van der Waals surface area (Å²) in [4.78, 5) is 34.6. The Kier molecular flexibility index (Phi) is 3.78. The van der Waals surface area contributed by atoms with Crippen LogP contribution in [0.15, 0.2) is 28.3 Å². The first-order chi connectivity index (χ1) is 9.32. The van der Waals surface area contributed by atoms with Gasteiger partial charge in [0.15, 0.2) is 0 Å². The molecule has 2 rings (SSSR count). The van der Waals surface area contributed by atoms with Crippen LogP contribution in [0.3, 0.4) is 0 Å². The van der Waals surface area contributed by atoms with Crippen molar-refractivity contribution in [3.8, 4) is 0 Å². The van der Waals surface area contributed by atoms with E-state index in [-0.39, 0.29) is 22.3 Å². The van der Waals surface area contributed by atoms with Gasteiger partial charge in [0.1, 0.15) is 10.1 Å². The Bertz CT molecular complexity index is 645. The molecule has 0 saturated carbocycles. The van der Waals surface area contributed by atoms with Crippen LogP contribution in [-0.4, -0.2) is 21.6 Å². The molecule has 1 aliphatic rings. The fraction of sp³-hybridized carbons (Fsp3) is 0.167. The third-order valence-electron chi connectivity index (χ3n) is 2.93. The van der Waals surface area contributed by atoms with Crippen molar-refractivity contribution in [1.29, 1.82) is 0 Å². The molecule has 104 valence electrons. The minimum Gasteiger partial charge on any atom is -0.268 e. The summed E-state index contributed by atoms with van der Waals surface area (Å²) < 4.78 is 0. The molecule has 0 radical (unpaired) electrons. The van der Waals surface area contributed by atoms with E-state index in [0.29, 0.717) is 5.56 Å². The van der Waals surface area contributed by atoms with Crippen LogP contribution in [0.4, 0.5) is 5.69 Å². The average molecular weight is 315 g/mol. The predicted octanol–water partition coefficient (Wildman–Crippen LogP) is 2.46. The van der Waals surface area contributed by atoms with Crippen LogP contribution >= 0.6 is 23.2 Å². The quantitative estimate of drug-likeness (QED) is 0.487. The van der Waals surface area contributed by atoms with Crippen LogP contribution in [0.2, 0.25) is 0 Å². The Hall–Kier alpha value is -1.92. The number of nitro groups is 1. The van der Waals surface area contributed by atoms with Crippen LogP contribution < -0.4 is 0 Å². The number of hydrogen-bond donors (Lipinski definition) is 0. The number of non-ortho nitro benzene ring substituents is 1. The van der Waals surface area contributed by atoms with E-state index in [4.69, 9.17) is 23.2 Å². The van der Waals surface area contributed by atoms with Gasteiger partial charge in [-0.25, -0.2) is 0 Å². The van der Waals surface area contributed by atoms with Crippen molar-refractivity contribution in [3.63, 3.8) is 0 Å². The van der Waals surface area contributed by atoms with Crippen molar-refractivity contribution >= 4 is 40.7 Å². The fourth-order valence-corrected chi connectivity index (χ4v) is 2.14. The maximum atomic E-state index is 11.8. The number of nitrogens with zero attached hydrogens (tertiary/aromatic N) is 2. The van der Waals surface area contributed by atoms with Crippen molar-refractivity contribution in [2.45, 2.75) is 13.5 Å². The van der Waals surface area contributed by atoms with Crippen LogP contribution in [0, 0.1) is 17.0 Å². The van der Waals surface area contributed by atoms with E-state index in [9.17, 15) is 19.7 Å². The highest BCUT2D eigenvalue weighted by Crippen LogP contribution is 2.29. The van der Waals surface area contributed by atoms with E-state index in [1.165, 1.54) is 12.1 Å². The predicted molar refractivity (Wildman–Crippen MR) is 72.1 cm³/mol. The second kappa shape index (κ2) is 5.22. The number of aryl methyl sites for hydroxylation is 1. The van der Waals surface area contributed by atoms with E-state index in [1.54, 1.807) is 13.0 Å². The molecule has 0 bridgehead atoms. The highest BCUT2D eigenvalue weighted by atomic mass is 35.5. The molecule has 20 heavy (non-hydrogen) atoms. The van der Waals surface area contributed by atoms with Gasteiger partial charge in [0.25, 0.3) is 17.5 Å². The lowest BCUT2D eigenvalue weighted by molar-refractivity contribution is -0.384. The number of halogens is 2. The molecular formula is C12H8Cl2N2O4. The summed E-state index contributed by atoms with van der Waals surface area (Å²) in [6, 6.07) is 4.22. The highest BCUT2D eigenvalue weighted by Gasteiger charge is 2.36. The molecule has 1 aromatic carbocycles. The van der Waals surface area contributed by atoms with Gasteiger partial charge in [0.2, 0.25) is 0 Å². The number of amides is 2. The Labute approximate surface area is 123 Å². The van der Waals surface area contributed by atoms with Gasteiger partial charge in [-0.15, -0.1) is 0 Å². The van der Waals surface area contributed by atoms with E-state index >= 15 is 0 Å². The number of benzene rings is 1. The summed E-state index contributed by atoms with van der Waals surface area (Å²) in [5.41, 5.74) is 1.09. The normalized spacial score (nSPS) is 15.2. The van der Waals surface area contributed by atoms with Crippen molar-refractivity contribution in [2.75, 3.05) is 0 Å². The summed E-state index contributed by atoms with van der Waals surface area (Å²) in [5.74, 6) is -1.40. The molecule has 8 heteroatoms. The maximum Gasteiger partial charge on any atom is 0.274 e. The number of carbonyl (C=O) groups excluding carboxylic acids is 2. The van der Waals surface area contributed by atoms with Crippen LogP contribution in [-0.2, 0) is 16.1 Å². The molecule has 1 heterocycles. The molecule has 0 spiro atoms. The molecule has 0 saturated heterocycles. The van der Waals surface area contributed by atoms with Crippen LogP contribution in [0.25, 0.3) is 0 Å². The summed E-state index contributed by atoms with van der Waals surface area (Å²) in [6.07, 6.45) is 0. The number of nitro benzene ring substituents is 1. The third-order valence-corrected chi connectivity index (χ3v) is 3.73. The highest BCUT2D eigenvalue weighted by molar-refractivity contribution is 6.58. The van der Waals surface area contributed by atoms with Gasteiger partial charge < -0.3 is 0 Å². The summed E-state index contributed by atoms with van der Waals surface area (Å²) in [5, 5.41) is 10.1. The Balaban J connectivity index is 2.32. The van der Waals surface area contributed by atoms with Gasteiger partial charge in [0.05, 0.1) is 11.5 Å². The fourth-order valence-electron chi connectivity index (χ4n) is 1.77. The van der Waals surface area contributed by atoms with Crippen molar-refractivity contribution in [1.82, 2.24) is 4.90 Å². The van der Waals surface area contributed by atoms with Gasteiger partial charge in [-0.1, -0.05) is 29.3 Å². The zero-order valence-electron chi connectivity index (χ0n) is 10.2. The lowest BCUT2D eigenvalue weighted by Gasteiger charge is -2.15. The van der Waals surface area contributed by atoms with E-state index in [0.717, 1.165) is 10.5 Å². The van der Waals surface area contributed by atoms with Gasteiger partial charge in [-0.2, -0.15) is 0 Å². The molecule has 0 N–H and O–H groups in total. The third kappa shape index (κ3) is 2.39. The second-order valence-corrected chi connectivity index (χ2v) is 4.95. The van der Waals surface area contributed by atoms with Gasteiger partial charge in [0, 0.05) is 12.1 Å². The lowest BCUT2D eigenvalue weighted by Crippen LogP contribution is -2.30. The first-order valence-corrected chi connectivity index (χ1v) is 6.24. The van der Waals surface area contributed by atoms with Crippen molar-refractivity contribution in [3.05, 3.63) is 49.5 Å². The number of rotatable bonds is 3. The molecule has 0 unspecified atom stereocenters. The zero-order chi connectivity index (χ0) is 15.0. The molecule has 2 amide bonds. The molecule has 1 aromatic rings. The topological polar surface area (TPSA) is 80.5 Å². The average Bonchev–Trinajstić information content (AvgIpc) is 2.58. The van der Waals surface area contributed by atoms with E-state index < -0.39 is 16.7 Å². The first-order valence-electron chi connectivity index (χ1n) is 5.48. The maximum absolute atomic E-state index is 11.8. The van der Waals surface area contributed by atoms with Gasteiger partial charge >= 0.3 is 0 Å². The lowest BCUT2D eigenvalue weighted by atomic mass is 10.1. The Morgan fingerprint density at radius 2 is 1.75 bits per heavy atom. The molecule has 0 aliphatic carbocycles. The van der Waals surface area contributed by atoms with E-state index in [1.807, 2.05) is 0 Å². The van der Waals surface area contributed by atoms with E-state index in [2.05, 4.69) is 0 Å². The van der Waals surface area contributed by atoms with Crippen LogP contribution in [0.1, 0.15) is 11.1 Å². The molecule has 0 aromatic heterocycles. The number of hydrogen-bond acceptors (Lipinski definition) is 4. The van der Waals surface area contributed by atoms with Gasteiger partial charge in [-0.05, 0) is 18.1 Å². The standard InChI is InChI=1S/C12H8Cl2N2O4/c1-6-2-3-8(16(19)20)4-7(6)5-15-11(17)9(13)10(14)12(15)18/h2-4H,5H2,1H3. The summed E-state index contributed by atoms with van der Waals surface area (Å²) in [6.45, 7) is 1.61. The smallest absolute Gasteiger partial charge is 0.268 e. The van der Waals surface area contributed by atoms with Crippen molar-refractivity contribution < 1.29 is 14.5 Å². The largest absolute Gasteiger partial charge is 0.274 e. The Morgan fingerprint density at radius 1 is 1.20 bits per heavy atom. The molecule has 0 fully saturated rings. The monoisotopic (exact) mass is 314 g/mol.